The van der Waals surface area contributed by atoms with Gasteiger partial charge in [-0.15, -0.1) is 10.2 Å². The van der Waals surface area contributed by atoms with Gasteiger partial charge in [-0.2, -0.15) is 0 Å². The Morgan fingerprint density at radius 3 is 2.39 bits per heavy atom. The summed E-state index contributed by atoms with van der Waals surface area (Å²) in [5.41, 5.74) is 1.29. The second-order valence-corrected chi connectivity index (χ2v) is 4.39. The Morgan fingerprint density at radius 1 is 0.778 bits per heavy atom. The van der Waals surface area contributed by atoms with Gasteiger partial charge in [-0.1, -0.05) is 30.3 Å². The minimum atomic E-state index is -0.245. The standard InChI is InChI=1S/C15H8N2O/c18-15-14-12-8-10-4-2-1-3-9(10)7-11(12)5-6-13(14)16-17-15/h1-8H. The third-order valence-corrected chi connectivity index (χ3v) is 3.33. The van der Waals surface area contributed by atoms with E-state index >= 15 is 0 Å². The summed E-state index contributed by atoms with van der Waals surface area (Å²) in [7, 11) is 0. The quantitative estimate of drug-likeness (QED) is 0.535. The fourth-order valence-corrected chi connectivity index (χ4v) is 2.46. The van der Waals surface area contributed by atoms with Crippen molar-refractivity contribution in [2.75, 3.05) is 0 Å². The molecule has 1 heterocycles. The zero-order valence-corrected chi connectivity index (χ0v) is 9.42. The van der Waals surface area contributed by atoms with Gasteiger partial charge in [0.05, 0.1) is 11.3 Å². The Balaban J connectivity index is 2.21. The molecular weight excluding hydrogens is 224 g/mol. The number of fused-ring (bicyclic) bond motifs is 4. The van der Waals surface area contributed by atoms with E-state index in [1.807, 2.05) is 36.4 Å². The highest BCUT2D eigenvalue weighted by Crippen LogP contribution is 2.35. The molecule has 1 aliphatic rings. The first kappa shape index (κ1) is 9.48. The largest absolute Gasteiger partial charge is 0.298 e. The maximum absolute atomic E-state index is 11.8. The minimum Gasteiger partial charge on any atom is -0.265 e. The van der Waals surface area contributed by atoms with Gasteiger partial charge >= 0.3 is 0 Å². The molecule has 0 atom stereocenters. The van der Waals surface area contributed by atoms with Crippen molar-refractivity contribution in [1.82, 2.24) is 0 Å². The molecule has 0 saturated carbocycles. The summed E-state index contributed by atoms with van der Waals surface area (Å²) in [6.07, 6.45) is 0. The van der Waals surface area contributed by atoms with Gasteiger partial charge in [0.2, 0.25) is 0 Å². The van der Waals surface area contributed by atoms with Crippen molar-refractivity contribution in [3.63, 3.8) is 0 Å². The summed E-state index contributed by atoms with van der Waals surface area (Å²) in [4.78, 5) is 11.8. The molecule has 1 amide bonds. The first-order valence-corrected chi connectivity index (χ1v) is 5.74. The number of benzene rings is 3. The van der Waals surface area contributed by atoms with E-state index in [1.54, 1.807) is 0 Å². The number of hydrogen-bond acceptors (Lipinski definition) is 2. The lowest BCUT2D eigenvalue weighted by molar-refractivity contribution is 0.100. The van der Waals surface area contributed by atoms with Crippen LogP contribution in [0.3, 0.4) is 0 Å². The molecule has 0 aliphatic carbocycles. The molecule has 4 rings (SSSR count). The maximum atomic E-state index is 11.8. The molecule has 0 aromatic heterocycles. The monoisotopic (exact) mass is 232 g/mol. The van der Waals surface area contributed by atoms with Gasteiger partial charge in [-0.25, -0.2) is 0 Å². The SMILES string of the molecule is O=C1N=Nc2ccc3cc4ccccc4cc3c21. The van der Waals surface area contributed by atoms with E-state index in [-0.39, 0.29) is 5.91 Å². The number of carbonyl (C=O) groups excluding carboxylic acids is 1. The van der Waals surface area contributed by atoms with E-state index in [4.69, 9.17) is 0 Å². The fourth-order valence-electron chi connectivity index (χ4n) is 2.46. The van der Waals surface area contributed by atoms with E-state index in [0.717, 1.165) is 16.2 Å². The summed E-state index contributed by atoms with van der Waals surface area (Å²) in [6.45, 7) is 0. The predicted molar refractivity (Wildman–Crippen MR) is 70.3 cm³/mol. The lowest BCUT2D eigenvalue weighted by Gasteiger charge is -2.05. The van der Waals surface area contributed by atoms with Crippen molar-refractivity contribution in [3.05, 3.63) is 54.1 Å². The van der Waals surface area contributed by atoms with Crippen LogP contribution in [0, 0.1) is 0 Å². The molecule has 0 fully saturated rings. The van der Waals surface area contributed by atoms with E-state index in [9.17, 15) is 4.79 Å². The predicted octanol–water partition coefficient (Wildman–Crippen LogP) is 4.23. The van der Waals surface area contributed by atoms with Crippen LogP contribution >= 0.6 is 0 Å². The molecule has 1 aliphatic heterocycles. The Morgan fingerprint density at radius 2 is 1.56 bits per heavy atom. The fraction of sp³-hybridized carbons (Fsp3) is 0. The Hall–Kier alpha value is -2.55. The average Bonchev–Trinajstić information content (AvgIpc) is 2.78. The molecule has 0 spiro atoms. The highest BCUT2D eigenvalue weighted by molar-refractivity contribution is 6.15. The molecule has 0 unspecified atom stereocenters. The second kappa shape index (κ2) is 3.23. The average molecular weight is 232 g/mol. The van der Waals surface area contributed by atoms with Gasteiger partial charge in [-0.05, 0) is 39.7 Å². The van der Waals surface area contributed by atoms with Crippen LogP contribution in [-0.2, 0) is 0 Å². The molecule has 0 N–H and O–H groups in total. The maximum Gasteiger partial charge on any atom is 0.298 e. The van der Waals surface area contributed by atoms with Gasteiger partial charge in [0.25, 0.3) is 5.91 Å². The summed E-state index contributed by atoms with van der Waals surface area (Å²) in [5, 5.41) is 11.8. The number of amides is 1. The third kappa shape index (κ3) is 1.16. The molecule has 3 aromatic rings. The summed E-state index contributed by atoms with van der Waals surface area (Å²) < 4.78 is 0. The van der Waals surface area contributed by atoms with Gasteiger partial charge in [0.15, 0.2) is 0 Å². The number of azo groups is 1. The van der Waals surface area contributed by atoms with Crippen molar-refractivity contribution in [1.29, 1.82) is 0 Å². The lowest BCUT2D eigenvalue weighted by Crippen LogP contribution is -1.91. The van der Waals surface area contributed by atoms with Crippen molar-refractivity contribution in [2.45, 2.75) is 0 Å². The summed E-state index contributed by atoms with van der Waals surface area (Å²) >= 11 is 0. The normalized spacial score (nSPS) is 13.4. The molecule has 3 nitrogen and oxygen atoms in total. The van der Waals surface area contributed by atoms with Crippen LogP contribution in [0.4, 0.5) is 5.69 Å². The van der Waals surface area contributed by atoms with Crippen molar-refractivity contribution < 1.29 is 4.79 Å². The number of rotatable bonds is 0. The zero-order chi connectivity index (χ0) is 12.1. The van der Waals surface area contributed by atoms with Crippen LogP contribution in [0.2, 0.25) is 0 Å². The molecule has 3 heteroatoms. The van der Waals surface area contributed by atoms with E-state index in [2.05, 4.69) is 22.4 Å². The molecule has 0 bridgehead atoms. The van der Waals surface area contributed by atoms with Gasteiger partial charge in [-0.3, -0.25) is 4.79 Å². The summed E-state index contributed by atoms with van der Waals surface area (Å²) in [5.74, 6) is -0.245. The Labute approximate surface area is 103 Å². The molecule has 0 saturated heterocycles. The third-order valence-electron chi connectivity index (χ3n) is 3.33. The highest BCUT2D eigenvalue weighted by Gasteiger charge is 2.20. The van der Waals surface area contributed by atoms with E-state index in [0.29, 0.717) is 11.3 Å². The van der Waals surface area contributed by atoms with Gasteiger partial charge in [0, 0.05) is 0 Å². The first-order valence-electron chi connectivity index (χ1n) is 5.74. The van der Waals surface area contributed by atoms with Gasteiger partial charge < -0.3 is 0 Å². The Bertz CT molecular complexity index is 850. The molecular formula is C15H8N2O. The van der Waals surface area contributed by atoms with Crippen LogP contribution < -0.4 is 0 Å². The van der Waals surface area contributed by atoms with Crippen LogP contribution in [0.5, 0.6) is 0 Å². The number of nitrogens with zero attached hydrogens (tertiary/aromatic N) is 2. The van der Waals surface area contributed by atoms with Crippen LogP contribution in [0.15, 0.2) is 58.8 Å². The highest BCUT2D eigenvalue weighted by atomic mass is 16.2. The topological polar surface area (TPSA) is 41.8 Å². The first-order chi connectivity index (χ1) is 8.83. The van der Waals surface area contributed by atoms with Crippen molar-refractivity contribution in [3.8, 4) is 0 Å². The number of hydrogen-bond donors (Lipinski definition) is 0. The zero-order valence-electron chi connectivity index (χ0n) is 9.42. The van der Waals surface area contributed by atoms with Crippen LogP contribution in [-0.4, -0.2) is 5.91 Å². The van der Waals surface area contributed by atoms with E-state index in [1.165, 1.54) is 5.39 Å². The molecule has 3 aromatic carbocycles. The number of carbonyl (C=O) groups is 1. The molecule has 18 heavy (non-hydrogen) atoms. The second-order valence-electron chi connectivity index (χ2n) is 4.39. The minimum absolute atomic E-state index is 0.245. The van der Waals surface area contributed by atoms with Crippen LogP contribution in [0.25, 0.3) is 21.5 Å². The smallest absolute Gasteiger partial charge is 0.265 e. The molecule has 84 valence electrons. The van der Waals surface area contributed by atoms with E-state index < -0.39 is 0 Å². The lowest BCUT2D eigenvalue weighted by atomic mass is 9.98. The van der Waals surface area contributed by atoms with Crippen molar-refractivity contribution >= 4 is 33.1 Å². The van der Waals surface area contributed by atoms with Gasteiger partial charge in [0.1, 0.15) is 0 Å². The summed E-state index contributed by atoms with van der Waals surface area (Å²) in [6, 6.07) is 16.1. The van der Waals surface area contributed by atoms with Crippen LogP contribution in [0.1, 0.15) is 10.4 Å². The Kier molecular flexibility index (Phi) is 1.70. The van der Waals surface area contributed by atoms with Crippen molar-refractivity contribution in [2.24, 2.45) is 10.2 Å². The molecule has 0 radical (unpaired) electrons.